The third kappa shape index (κ3) is 1.71. The summed E-state index contributed by atoms with van der Waals surface area (Å²) in [6.07, 6.45) is 0.726. The zero-order valence-corrected chi connectivity index (χ0v) is 13.8. The molecule has 0 aromatic heterocycles. The molecule has 0 saturated carbocycles. The maximum absolute atomic E-state index is 13.3. The van der Waals surface area contributed by atoms with Gasteiger partial charge >= 0.3 is 0 Å². The minimum Gasteiger partial charge on any atom is -0.398 e. The van der Waals surface area contributed by atoms with Gasteiger partial charge in [-0.1, -0.05) is 0 Å². The van der Waals surface area contributed by atoms with Gasteiger partial charge in [-0.15, -0.1) is 0 Å². The minimum atomic E-state index is -0.491. The molecule has 8 nitrogen and oxygen atoms in total. The van der Waals surface area contributed by atoms with Crippen molar-refractivity contribution < 1.29 is 14.3 Å². The molecule has 1 spiro atoms. The predicted octanol–water partition coefficient (Wildman–Crippen LogP) is 1.16. The number of nitrogen functional groups attached to an aromatic ring is 3. The lowest BCUT2D eigenvalue weighted by Gasteiger charge is -2.25. The number of hydrogen-bond acceptors (Lipinski definition) is 8. The van der Waals surface area contributed by atoms with Crippen LogP contribution in [0.25, 0.3) is 0 Å². The molecule has 8 N–H and O–H groups in total. The van der Waals surface area contributed by atoms with Crippen LogP contribution in [-0.4, -0.2) is 30.4 Å². The van der Waals surface area contributed by atoms with Crippen LogP contribution in [0.4, 0.5) is 28.4 Å². The van der Waals surface area contributed by atoms with Gasteiger partial charge in [0.25, 0.3) is 0 Å². The molecule has 8 heteroatoms. The number of carbonyl (C=O) groups excluding carboxylic acids is 2. The number of carbonyl (C=O) groups is 2. The third-order valence-electron chi connectivity index (χ3n) is 5.30. The lowest BCUT2D eigenvalue weighted by molar-refractivity contribution is 0.0981. The Balaban J connectivity index is 1.78. The molecule has 0 bridgehead atoms. The number of rotatable bonds is 0. The predicted molar refractivity (Wildman–Crippen MR) is 98.4 cm³/mol. The highest BCUT2D eigenvalue weighted by Crippen LogP contribution is 2.47. The molecule has 1 fully saturated rings. The van der Waals surface area contributed by atoms with Crippen molar-refractivity contribution in [2.75, 3.05) is 41.0 Å². The van der Waals surface area contributed by atoms with Crippen molar-refractivity contribution in [1.29, 1.82) is 0 Å². The van der Waals surface area contributed by atoms with E-state index in [9.17, 15) is 9.59 Å². The lowest BCUT2D eigenvalue weighted by atomic mass is 9.80. The average molecular weight is 351 g/mol. The van der Waals surface area contributed by atoms with Crippen LogP contribution in [-0.2, 0) is 4.74 Å². The molecule has 0 radical (unpaired) electrons. The molecule has 2 aliphatic heterocycles. The van der Waals surface area contributed by atoms with E-state index < -0.39 is 5.66 Å². The quantitative estimate of drug-likeness (QED) is 0.379. The Morgan fingerprint density at radius 1 is 0.885 bits per heavy atom. The number of anilines is 5. The Morgan fingerprint density at radius 3 is 2.12 bits per heavy atom. The molecule has 1 saturated heterocycles. The van der Waals surface area contributed by atoms with Crippen LogP contribution in [0.1, 0.15) is 38.3 Å². The van der Waals surface area contributed by atoms with Crippen LogP contribution < -0.4 is 27.8 Å². The summed E-state index contributed by atoms with van der Waals surface area (Å²) < 4.78 is 5.48. The molecular weight excluding hydrogens is 334 g/mol. The van der Waals surface area contributed by atoms with Crippen molar-refractivity contribution in [2.45, 2.75) is 12.1 Å². The summed E-state index contributed by atoms with van der Waals surface area (Å²) in [6, 6.07) is 4.74. The molecule has 132 valence electrons. The Kier molecular flexibility index (Phi) is 2.70. The molecule has 2 aromatic carbocycles. The van der Waals surface area contributed by atoms with E-state index in [2.05, 4.69) is 10.6 Å². The van der Waals surface area contributed by atoms with E-state index in [1.165, 1.54) is 12.1 Å². The molecule has 5 rings (SSSR count). The fourth-order valence-electron chi connectivity index (χ4n) is 4.07. The largest absolute Gasteiger partial charge is 0.398 e. The summed E-state index contributed by atoms with van der Waals surface area (Å²) in [4.78, 5) is 26.4. The number of nitrogens with one attached hydrogen (secondary N) is 2. The number of ether oxygens (including phenoxy) is 1. The van der Waals surface area contributed by atoms with E-state index in [1.54, 1.807) is 6.07 Å². The van der Waals surface area contributed by atoms with E-state index in [4.69, 9.17) is 21.9 Å². The van der Waals surface area contributed by atoms with Crippen LogP contribution in [0.3, 0.4) is 0 Å². The highest BCUT2D eigenvalue weighted by atomic mass is 16.5. The van der Waals surface area contributed by atoms with Crippen LogP contribution in [0.15, 0.2) is 18.2 Å². The summed E-state index contributed by atoms with van der Waals surface area (Å²) in [6.45, 7) is 1.05. The van der Waals surface area contributed by atoms with Gasteiger partial charge in [0, 0.05) is 23.5 Å². The van der Waals surface area contributed by atoms with Crippen LogP contribution in [0.2, 0.25) is 0 Å². The molecule has 3 aliphatic rings. The average Bonchev–Trinajstić information content (AvgIpc) is 3.20. The van der Waals surface area contributed by atoms with Gasteiger partial charge in [-0.3, -0.25) is 9.59 Å². The maximum Gasteiger partial charge on any atom is 0.198 e. The van der Waals surface area contributed by atoms with E-state index in [1.807, 2.05) is 0 Å². The normalized spacial score (nSPS) is 22.6. The summed E-state index contributed by atoms with van der Waals surface area (Å²) >= 11 is 0. The van der Waals surface area contributed by atoms with E-state index in [0.717, 1.165) is 6.42 Å². The molecule has 1 atom stereocenters. The van der Waals surface area contributed by atoms with Gasteiger partial charge in [-0.05, 0) is 18.2 Å². The SMILES string of the molecule is Nc1ccc(N)c2c1C(=O)c1c(N)cc3c(c1C2=O)NC1(CCOC1)N3. The van der Waals surface area contributed by atoms with Crippen molar-refractivity contribution in [3.63, 3.8) is 0 Å². The lowest BCUT2D eigenvalue weighted by Crippen LogP contribution is -2.42. The van der Waals surface area contributed by atoms with Crippen molar-refractivity contribution in [1.82, 2.24) is 0 Å². The van der Waals surface area contributed by atoms with Gasteiger partial charge in [0.15, 0.2) is 11.6 Å². The first-order valence-electron chi connectivity index (χ1n) is 8.30. The highest BCUT2D eigenvalue weighted by molar-refractivity contribution is 6.35. The molecule has 1 unspecified atom stereocenters. The monoisotopic (exact) mass is 351 g/mol. The van der Waals surface area contributed by atoms with E-state index in [-0.39, 0.29) is 50.9 Å². The summed E-state index contributed by atoms with van der Waals surface area (Å²) in [5.41, 5.74) is 20.2. The van der Waals surface area contributed by atoms with Gasteiger partial charge in [-0.25, -0.2) is 0 Å². The van der Waals surface area contributed by atoms with Crippen LogP contribution in [0.5, 0.6) is 0 Å². The third-order valence-corrected chi connectivity index (χ3v) is 5.30. The molecule has 2 aromatic rings. The van der Waals surface area contributed by atoms with Crippen LogP contribution in [0, 0.1) is 0 Å². The van der Waals surface area contributed by atoms with Crippen molar-refractivity contribution >= 4 is 40.0 Å². The second-order valence-electron chi connectivity index (χ2n) is 6.93. The molecule has 1 aliphatic carbocycles. The van der Waals surface area contributed by atoms with Gasteiger partial charge in [0.2, 0.25) is 0 Å². The van der Waals surface area contributed by atoms with E-state index in [0.29, 0.717) is 24.6 Å². The Labute approximate surface area is 148 Å². The van der Waals surface area contributed by atoms with Gasteiger partial charge in [0.1, 0.15) is 5.66 Å². The highest BCUT2D eigenvalue weighted by Gasteiger charge is 2.45. The first-order valence-corrected chi connectivity index (χ1v) is 8.30. The smallest absolute Gasteiger partial charge is 0.198 e. The fourth-order valence-corrected chi connectivity index (χ4v) is 4.07. The summed E-state index contributed by atoms with van der Waals surface area (Å²) in [5.74, 6) is -0.738. The number of ketones is 2. The first kappa shape index (κ1) is 15.0. The summed E-state index contributed by atoms with van der Waals surface area (Å²) in [7, 11) is 0. The zero-order chi connectivity index (χ0) is 18.2. The van der Waals surface area contributed by atoms with Crippen molar-refractivity contribution in [3.8, 4) is 0 Å². The van der Waals surface area contributed by atoms with Crippen molar-refractivity contribution in [3.05, 3.63) is 40.5 Å². The standard InChI is InChI=1S/C18H17N5O3/c19-7-1-2-8(20)12-11(7)16(24)13-9(21)5-10-15(14(13)17(12)25)23-18(22-10)3-4-26-6-18/h1-2,5,22-23H,3-4,6,19-21H2. The second kappa shape index (κ2) is 4.67. The number of hydrogen-bond donors (Lipinski definition) is 5. The van der Waals surface area contributed by atoms with Crippen molar-refractivity contribution in [2.24, 2.45) is 0 Å². The van der Waals surface area contributed by atoms with Gasteiger partial charge in [0.05, 0.1) is 46.8 Å². The maximum atomic E-state index is 13.3. The number of benzene rings is 2. The molecule has 26 heavy (non-hydrogen) atoms. The topological polar surface area (TPSA) is 145 Å². The Bertz CT molecular complexity index is 1020. The van der Waals surface area contributed by atoms with Crippen LogP contribution >= 0.6 is 0 Å². The second-order valence-corrected chi connectivity index (χ2v) is 6.93. The number of nitrogens with two attached hydrogens (primary N) is 3. The molecule has 0 amide bonds. The summed E-state index contributed by atoms with van der Waals surface area (Å²) in [5, 5.41) is 6.69. The van der Waals surface area contributed by atoms with Gasteiger partial charge < -0.3 is 32.6 Å². The zero-order valence-electron chi connectivity index (χ0n) is 13.8. The molecule has 2 heterocycles. The van der Waals surface area contributed by atoms with E-state index >= 15 is 0 Å². The minimum absolute atomic E-state index is 0.124. The first-order chi connectivity index (χ1) is 12.4. The van der Waals surface area contributed by atoms with Gasteiger partial charge in [-0.2, -0.15) is 0 Å². The number of fused-ring (bicyclic) bond motifs is 4. The molecular formula is C18H17N5O3. The Hall–Kier alpha value is -3.26. The Morgan fingerprint density at radius 2 is 1.50 bits per heavy atom. The fraction of sp³-hybridized carbons (Fsp3) is 0.222.